The first kappa shape index (κ1) is 24.0. The highest BCUT2D eigenvalue weighted by molar-refractivity contribution is 5.82. The van der Waals surface area contributed by atoms with Gasteiger partial charge in [-0.25, -0.2) is 4.68 Å². The number of ether oxygens (including phenoxy) is 2. The third kappa shape index (κ3) is 4.57. The van der Waals surface area contributed by atoms with E-state index in [0.717, 1.165) is 54.1 Å². The van der Waals surface area contributed by atoms with Gasteiger partial charge >= 0.3 is 0 Å². The second-order valence-corrected chi connectivity index (χ2v) is 8.94. The summed E-state index contributed by atoms with van der Waals surface area (Å²) < 4.78 is 12.6. The van der Waals surface area contributed by atoms with Crippen molar-refractivity contribution in [2.45, 2.75) is 19.5 Å². The molecule has 4 aromatic rings. The van der Waals surface area contributed by atoms with E-state index in [0.29, 0.717) is 24.5 Å². The fraction of sp³-hybridized carbons (Fsp3) is 0.385. The molecule has 1 saturated heterocycles. The maximum absolute atomic E-state index is 13.4. The first-order valence-electron chi connectivity index (χ1n) is 12.1. The van der Waals surface area contributed by atoms with Crippen LogP contribution in [0.25, 0.3) is 10.9 Å². The summed E-state index contributed by atoms with van der Waals surface area (Å²) in [7, 11) is 3.34. The number of methoxy groups -OCH3 is 2. The van der Waals surface area contributed by atoms with Crippen LogP contribution in [0.3, 0.4) is 0 Å². The van der Waals surface area contributed by atoms with Crippen LogP contribution in [0.4, 0.5) is 5.69 Å². The Hall–Kier alpha value is -3.76. The molecule has 188 valence electrons. The number of rotatable bonds is 8. The van der Waals surface area contributed by atoms with Crippen molar-refractivity contribution in [1.82, 2.24) is 30.1 Å². The monoisotopic (exact) mass is 489 g/mol. The number of tetrazole rings is 1. The second-order valence-electron chi connectivity index (χ2n) is 8.94. The zero-order chi connectivity index (χ0) is 25.1. The first-order chi connectivity index (χ1) is 17.6. The highest BCUT2D eigenvalue weighted by atomic mass is 16.5. The number of fused-ring (bicyclic) bond motifs is 1. The number of nitrogens with zero attached hydrogens (tertiary/aromatic N) is 6. The number of hydrogen-bond donors (Lipinski definition) is 1. The molecule has 0 aliphatic carbocycles. The zero-order valence-corrected chi connectivity index (χ0v) is 20.8. The van der Waals surface area contributed by atoms with Gasteiger partial charge in [0.25, 0.3) is 5.56 Å². The van der Waals surface area contributed by atoms with E-state index in [2.05, 4.69) is 36.4 Å². The normalized spacial score (nSPS) is 15.4. The molecule has 0 unspecified atom stereocenters. The summed E-state index contributed by atoms with van der Waals surface area (Å²) in [6.07, 6.45) is 0. The lowest BCUT2D eigenvalue weighted by atomic mass is 10.0. The number of aromatic nitrogens is 5. The quantitative estimate of drug-likeness (QED) is 0.403. The molecule has 2 aromatic carbocycles. The molecule has 1 aliphatic rings. The molecule has 2 aromatic heterocycles. The van der Waals surface area contributed by atoms with Crippen molar-refractivity contribution in [2.24, 2.45) is 0 Å². The molecule has 1 fully saturated rings. The van der Waals surface area contributed by atoms with Gasteiger partial charge in [-0.15, -0.1) is 5.10 Å². The highest BCUT2D eigenvalue weighted by Gasteiger charge is 2.33. The number of pyridine rings is 1. The summed E-state index contributed by atoms with van der Waals surface area (Å²) in [6.45, 7) is 5.98. The number of anilines is 1. The summed E-state index contributed by atoms with van der Waals surface area (Å²) >= 11 is 0. The number of nitrogens with one attached hydrogen (secondary N) is 1. The molecule has 0 spiro atoms. The van der Waals surface area contributed by atoms with Crippen LogP contribution in [0, 0.1) is 6.92 Å². The van der Waals surface area contributed by atoms with Gasteiger partial charge in [0, 0.05) is 38.9 Å². The van der Waals surface area contributed by atoms with E-state index in [1.54, 1.807) is 18.9 Å². The number of hydrogen-bond acceptors (Lipinski definition) is 8. The van der Waals surface area contributed by atoms with E-state index in [4.69, 9.17) is 9.47 Å². The first-order valence-corrected chi connectivity index (χ1v) is 12.1. The molecule has 0 bridgehead atoms. The summed E-state index contributed by atoms with van der Waals surface area (Å²) in [5.74, 6) is 1.49. The minimum Gasteiger partial charge on any atom is -0.495 e. The SMILES string of the molecule is COCCn1nnnc1[C@H](c1cc2cccc(C)c2[nH]c1=O)N1CCN(c2ccccc2OC)CC1. The molecule has 3 heterocycles. The van der Waals surface area contributed by atoms with Crippen LogP contribution in [0.2, 0.25) is 0 Å². The number of piperazine rings is 1. The van der Waals surface area contributed by atoms with Crippen molar-refractivity contribution in [1.29, 1.82) is 0 Å². The molecule has 1 atom stereocenters. The molecule has 10 heteroatoms. The van der Waals surface area contributed by atoms with E-state index < -0.39 is 6.04 Å². The van der Waals surface area contributed by atoms with E-state index in [9.17, 15) is 4.79 Å². The van der Waals surface area contributed by atoms with Crippen LogP contribution in [-0.2, 0) is 11.3 Å². The molecular formula is C26H31N7O3. The molecule has 1 N–H and O–H groups in total. The van der Waals surface area contributed by atoms with Gasteiger partial charge in [0.05, 0.1) is 31.5 Å². The summed E-state index contributed by atoms with van der Waals surface area (Å²) in [6, 6.07) is 15.7. The van der Waals surface area contributed by atoms with Crippen molar-refractivity contribution in [3.63, 3.8) is 0 Å². The smallest absolute Gasteiger partial charge is 0.253 e. The van der Waals surface area contributed by atoms with E-state index in [1.807, 2.05) is 49.4 Å². The Balaban J connectivity index is 1.52. The summed E-state index contributed by atoms with van der Waals surface area (Å²) in [5.41, 5.74) is 3.45. The molecule has 10 nitrogen and oxygen atoms in total. The van der Waals surface area contributed by atoms with Gasteiger partial charge in [0.2, 0.25) is 0 Å². The second kappa shape index (κ2) is 10.5. The molecule has 5 rings (SSSR count). The number of aryl methyl sites for hydroxylation is 1. The summed E-state index contributed by atoms with van der Waals surface area (Å²) in [4.78, 5) is 21.2. The zero-order valence-electron chi connectivity index (χ0n) is 20.8. The van der Waals surface area contributed by atoms with Crippen LogP contribution in [0.15, 0.2) is 53.3 Å². The fourth-order valence-electron chi connectivity index (χ4n) is 4.96. The van der Waals surface area contributed by atoms with Crippen LogP contribution in [-0.4, -0.2) is 77.1 Å². The van der Waals surface area contributed by atoms with Gasteiger partial charge in [-0.3, -0.25) is 9.69 Å². The van der Waals surface area contributed by atoms with Crippen molar-refractivity contribution < 1.29 is 9.47 Å². The number of para-hydroxylation sites is 3. The predicted molar refractivity (Wildman–Crippen MR) is 138 cm³/mol. The van der Waals surface area contributed by atoms with E-state index in [1.165, 1.54) is 0 Å². The van der Waals surface area contributed by atoms with Crippen LogP contribution < -0.4 is 15.2 Å². The third-order valence-corrected chi connectivity index (χ3v) is 6.83. The largest absolute Gasteiger partial charge is 0.495 e. The third-order valence-electron chi connectivity index (χ3n) is 6.83. The maximum atomic E-state index is 13.4. The topological polar surface area (TPSA) is 101 Å². The lowest BCUT2D eigenvalue weighted by molar-refractivity contribution is 0.171. The molecular weight excluding hydrogens is 458 g/mol. The van der Waals surface area contributed by atoms with Crippen molar-refractivity contribution in [2.75, 3.05) is 51.9 Å². The number of H-pyrrole nitrogens is 1. The van der Waals surface area contributed by atoms with Crippen molar-refractivity contribution in [3.05, 3.63) is 75.8 Å². The average Bonchev–Trinajstić information content (AvgIpc) is 3.37. The average molecular weight is 490 g/mol. The Bertz CT molecular complexity index is 1390. The van der Waals surface area contributed by atoms with Crippen molar-refractivity contribution in [3.8, 4) is 5.75 Å². The summed E-state index contributed by atoms with van der Waals surface area (Å²) in [5, 5.41) is 13.5. The standard InChI is InChI=1S/C26H31N7O3/c1-18-7-6-8-19-17-20(26(34)27-23(18)19)24(25-28-29-30-33(25)15-16-35-2)32-13-11-31(12-14-32)21-9-4-5-10-22(21)36-3/h4-10,17,24H,11-16H2,1-3H3,(H,27,34)/t24-/m0/s1. The minimum atomic E-state index is -0.398. The maximum Gasteiger partial charge on any atom is 0.253 e. The molecule has 0 saturated carbocycles. The van der Waals surface area contributed by atoms with Gasteiger partial charge in [0.15, 0.2) is 5.82 Å². The Morgan fingerprint density at radius 1 is 1.06 bits per heavy atom. The Labute approximate surface area is 209 Å². The fourth-order valence-corrected chi connectivity index (χ4v) is 4.96. The van der Waals surface area contributed by atoms with Gasteiger partial charge in [-0.05, 0) is 46.5 Å². The minimum absolute atomic E-state index is 0.129. The molecule has 36 heavy (non-hydrogen) atoms. The number of benzene rings is 2. The Kier molecular flexibility index (Phi) is 6.97. The van der Waals surface area contributed by atoms with E-state index >= 15 is 0 Å². The molecule has 1 aliphatic heterocycles. The van der Waals surface area contributed by atoms with Gasteiger partial charge in [-0.2, -0.15) is 0 Å². The van der Waals surface area contributed by atoms with Crippen molar-refractivity contribution >= 4 is 16.6 Å². The molecule has 0 amide bonds. The Morgan fingerprint density at radius 3 is 2.64 bits per heavy atom. The lowest BCUT2D eigenvalue weighted by Crippen LogP contribution is -2.49. The van der Waals surface area contributed by atoms with Crippen LogP contribution in [0.5, 0.6) is 5.75 Å². The van der Waals surface area contributed by atoms with Gasteiger partial charge in [0.1, 0.15) is 11.8 Å². The van der Waals surface area contributed by atoms with Gasteiger partial charge in [-0.1, -0.05) is 30.3 Å². The number of aromatic amines is 1. The predicted octanol–water partition coefficient (Wildman–Crippen LogP) is 2.39. The van der Waals surface area contributed by atoms with Crippen LogP contribution >= 0.6 is 0 Å². The lowest BCUT2D eigenvalue weighted by Gasteiger charge is -2.40. The molecule has 0 radical (unpaired) electrons. The van der Waals surface area contributed by atoms with Gasteiger partial charge < -0.3 is 19.4 Å². The van der Waals surface area contributed by atoms with Crippen LogP contribution in [0.1, 0.15) is 23.0 Å². The highest BCUT2D eigenvalue weighted by Crippen LogP contribution is 2.32. The Morgan fingerprint density at radius 2 is 1.86 bits per heavy atom. The van der Waals surface area contributed by atoms with E-state index in [-0.39, 0.29) is 5.56 Å².